The monoisotopic (exact) mass is 356 g/mol. The zero-order valence-corrected chi connectivity index (χ0v) is 14.6. The Bertz CT molecular complexity index is 1090. The maximum Gasteiger partial charge on any atom is 0.252 e. The third kappa shape index (κ3) is 3.41. The molecule has 2 aromatic heterocycles. The van der Waals surface area contributed by atoms with Gasteiger partial charge in [-0.2, -0.15) is 10.4 Å². The second kappa shape index (κ2) is 7.14. The second-order valence-corrected chi connectivity index (χ2v) is 5.89. The van der Waals surface area contributed by atoms with Crippen molar-refractivity contribution in [2.45, 2.75) is 6.54 Å². The summed E-state index contributed by atoms with van der Waals surface area (Å²) < 4.78 is 8.72. The van der Waals surface area contributed by atoms with Crippen LogP contribution in [0.2, 0.25) is 0 Å². The average molecular weight is 356 g/mol. The zero-order chi connectivity index (χ0) is 18.6. The predicted molar refractivity (Wildman–Crippen MR) is 99.4 cm³/mol. The number of nitriles is 1. The van der Waals surface area contributed by atoms with Crippen LogP contribution in [-0.4, -0.2) is 31.7 Å². The van der Waals surface area contributed by atoms with Crippen molar-refractivity contribution in [3.05, 3.63) is 78.5 Å². The number of hydrogen-bond acceptors (Lipinski definition) is 5. The Morgan fingerprint density at radius 1 is 1.04 bits per heavy atom. The molecule has 0 N–H and O–H groups in total. The number of para-hydroxylation sites is 1. The smallest absolute Gasteiger partial charge is 0.252 e. The third-order valence-corrected chi connectivity index (χ3v) is 4.14. The van der Waals surface area contributed by atoms with Crippen LogP contribution in [0, 0.1) is 11.3 Å². The van der Waals surface area contributed by atoms with Crippen LogP contribution in [0.25, 0.3) is 16.9 Å². The molecule has 2 aromatic carbocycles. The van der Waals surface area contributed by atoms with E-state index in [1.54, 1.807) is 18.1 Å². The van der Waals surface area contributed by atoms with E-state index in [0.29, 0.717) is 6.54 Å². The summed E-state index contributed by atoms with van der Waals surface area (Å²) in [4.78, 5) is 3.97. The standard InChI is InChI=1S/C20H16N6O/c1-27-18-9-7-15(8-10-18)20-16(12-25-14-22-19(11-21)23-25)13-26(24-20)17-5-3-2-4-6-17/h2-10,13-14H,12H2,1H3. The molecule has 7 nitrogen and oxygen atoms in total. The van der Waals surface area contributed by atoms with Gasteiger partial charge in [0.05, 0.1) is 25.0 Å². The van der Waals surface area contributed by atoms with Gasteiger partial charge in [0.1, 0.15) is 18.1 Å². The molecule has 0 atom stereocenters. The molecule has 0 aliphatic heterocycles. The van der Waals surface area contributed by atoms with Crippen molar-refractivity contribution in [1.29, 1.82) is 5.26 Å². The molecule has 0 unspecified atom stereocenters. The summed E-state index contributed by atoms with van der Waals surface area (Å²) >= 11 is 0. The molecule has 2 heterocycles. The first-order valence-corrected chi connectivity index (χ1v) is 8.35. The van der Waals surface area contributed by atoms with Gasteiger partial charge in [-0.15, -0.1) is 5.10 Å². The fourth-order valence-corrected chi connectivity index (χ4v) is 2.83. The Balaban J connectivity index is 1.76. The third-order valence-electron chi connectivity index (χ3n) is 4.14. The van der Waals surface area contributed by atoms with Crippen LogP contribution in [0.1, 0.15) is 11.4 Å². The van der Waals surface area contributed by atoms with Crippen LogP contribution in [-0.2, 0) is 6.54 Å². The van der Waals surface area contributed by atoms with E-state index in [1.807, 2.05) is 71.5 Å². The van der Waals surface area contributed by atoms with Crippen molar-refractivity contribution >= 4 is 0 Å². The number of aromatic nitrogens is 5. The summed E-state index contributed by atoms with van der Waals surface area (Å²) in [6.45, 7) is 0.461. The van der Waals surface area contributed by atoms with Gasteiger partial charge in [0.15, 0.2) is 0 Å². The predicted octanol–water partition coefficient (Wildman–Crippen LogP) is 3.06. The van der Waals surface area contributed by atoms with Gasteiger partial charge in [0.2, 0.25) is 0 Å². The Morgan fingerprint density at radius 2 is 1.81 bits per heavy atom. The number of benzene rings is 2. The van der Waals surface area contributed by atoms with E-state index in [1.165, 1.54) is 0 Å². The summed E-state index contributed by atoms with van der Waals surface area (Å²) in [6, 6.07) is 19.6. The zero-order valence-electron chi connectivity index (χ0n) is 14.6. The topological polar surface area (TPSA) is 81.5 Å². The van der Waals surface area contributed by atoms with Gasteiger partial charge >= 0.3 is 0 Å². The summed E-state index contributed by atoms with van der Waals surface area (Å²) in [6.07, 6.45) is 3.53. The average Bonchev–Trinajstić information content (AvgIpc) is 3.36. The largest absolute Gasteiger partial charge is 0.497 e. The van der Waals surface area contributed by atoms with E-state index in [2.05, 4.69) is 10.1 Å². The molecule has 0 fully saturated rings. The van der Waals surface area contributed by atoms with Gasteiger partial charge in [0, 0.05) is 17.3 Å². The van der Waals surface area contributed by atoms with Crippen LogP contribution in [0.3, 0.4) is 0 Å². The summed E-state index contributed by atoms with van der Waals surface area (Å²) in [5.74, 6) is 0.939. The Kier molecular flexibility index (Phi) is 4.37. The number of nitrogens with zero attached hydrogens (tertiary/aromatic N) is 6. The highest BCUT2D eigenvalue weighted by Gasteiger charge is 2.14. The van der Waals surface area contributed by atoms with Crippen molar-refractivity contribution in [2.75, 3.05) is 7.11 Å². The molecule has 27 heavy (non-hydrogen) atoms. The number of rotatable bonds is 5. The normalized spacial score (nSPS) is 10.5. The fraction of sp³-hybridized carbons (Fsp3) is 0.100. The lowest BCUT2D eigenvalue weighted by Crippen LogP contribution is -2.01. The molecule has 4 rings (SSSR count). The first-order chi connectivity index (χ1) is 13.3. The lowest BCUT2D eigenvalue weighted by Gasteiger charge is -2.04. The van der Waals surface area contributed by atoms with Crippen LogP contribution in [0.15, 0.2) is 67.1 Å². The van der Waals surface area contributed by atoms with E-state index in [9.17, 15) is 0 Å². The molecule has 132 valence electrons. The molecular weight excluding hydrogens is 340 g/mol. The number of methoxy groups -OCH3 is 1. The van der Waals surface area contributed by atoms with Crippen LogP contribution < -0.4 is 4.74 Å². The lowest BCUT2D eigenvalue weighted by molar-refractivity contribution is 0.415. The molecule has 0 aliphatic carbocycles. The van der Waals surface area contributed by atoms with Gasteiger partial charge in [-0.25, -0.2) is 14.3 Å². The Labute approximate surface area is 156 Å². The molecule has 0 aliphatic rings. The molecule has 0 amide bonds. The SMILES string of the molecule is COc1ccc(-c2nn(-c3ccccc3)cc2Cn2cnc(C#N)n2)cc1. The summed E-state index contributed by atoms with van der Waals surface area (Å²) in [7, 11) is 1.64. The van der Waals surface area contributed by atoms with Gasteiger partial charge < -0.3 is 4.74 Å². The fourth-order valence-electron chi connectivity index (χ4n) is 2.83. The quantitative estimate of drug-likeness (QED) is 0.549. The van der Waals surface area contributed by atoms with Gasteiger partial charge in [-0.3, -0.25) is 0 Å². The highest BCUT2D eigenvalue weighted by atomic mass is 16.5. The minimum absolute atomic E-state index is 0.149. The van der Waals surface area contributed by atoms with Crippen molar-refractivity contribution in [3.63, 3.8) is 0 Å². The first-order valence-electron chi connectivity index (χ1n) is 8.35. The van der Waals surface area contributed by atoms with Crippen LogP contribution in [0.5, 0.6) is 5.75 Å². The van der Waals surface area contributed by atoms with Gasteiger partial charge in [-0.05, 0) is 36.4 Å². The summed E-state index contributed by atoms with van der Waals surface area (Å²) in [5, 5.41) is 17.9. The minimum atomic E-state index is 0.149. The maximum atomic E-state index is 8.94. The van der Waals surface area contributed by atoms with Crippen molar-refractivity contribution < 1.29 is 4.74 Å². The van der Waals surface area contributed by atoms with E-state index in [4.69, 9.17) is 15.1 Å². The molecule has 0 bridgehead atoms. The Hall–Kier alpha value is -3.92. The second-order valence-electron chi connectivity index (χ2n) is 5.89. The minimum Gasteiger partial charge on any atom is -0.497 e. The van der Waals surface area contributed by atoms with E-state index in [-0.39, 0.29) is 5.82 Å². The van der Waals surface area contributed by atoms with Crippen LogP contribution >= 0.6 is 0 Å². The van der Waals surface area contributed by atoms with Crippen LogP contribution in [0.4, 0.5) is 0 Å². The molecule has 0 radical (unpaired) electrons. The van der Waals surface area contributed by atoms with Crippen molar-refractivity contribution in [3.8, 4) is 28.8 Å². The number of ether oxygens (including phenoxy) is 1. The highest BCUT2D eigenvalue weighted by Crippen LogP contribution is 2.26. The van der Waals surface area contributed by atoms with E-state index >= 15 is 0 Å². The first kappa shape index (κ1) is 16.5. The van der Waals surface area contributed by atoms with E-state index < -0.39 is 0 Å². The molecule has 0 saturated carbocycles. The molecule has 7 heteroatoms. The van der Waals surface area contributed by atoms with E-state index in [0.717, 1.165) is 28.3 Å². The maximum absolute atomic E-state index is 8.94. The lowest BCUT2D eigenvalue weighted by atomic mass is 10.1. The molecular formula is C20H16N6O. The van der Waals surface area contributed by atoms with Gasteiger partial charge in [0.25, 0.3) is 5.82 Å². The highest BCUT2D eigenvalue weighted by molar-refractivity contribution is 5.64. The summed E-state index contributed by atoms with van der Waals surface area (Å²) in [5.41, 5.74) is 3.75. The number of hydrogen-bond donors (Lipinski definition) is 0. The van der Waals surface area contributed by atoms with Crippen molar-refractivity contribution in [2.24, 2.45) is 0 Å². The van der Waals surface area contributed by atoms with Gasteiger partial charge in [-0.1, -0.05) is 18.2 Å². The molecule has 0 spiro atoms. The van der Waals surface area contributed by atoms with Crippen molar-refractivity contribution in [1.82, 2.24) is 24.5 Å². The Morgan fingerprint density at radius 3 is 2.48 bits per heavy atom. The molecule has 4 aromatic rings. The molecule has 0 saturated heterocycles.